The third-order valence-electron chi connectivity index (χ3n) is 2.40. The minimum Gasteiger partial charge on any atom is -0.389 e. The molecular weight excluding hydrogens is 224 g/mol. The first-order valence-corrected chi connectivity index (χ1v) is 5.69. The molecule has 0 saturated heterocycles. The highest BCUT2D eigenvalue weighted by Crippen LogP contribution is 2.15. The average molecular weight is 243 g/mol. The van der Waals surface area contributed by atoms with Crippen LogP contribution in [0.25, 0.3) is 0 Å². The molecule has 2 N–H and O–H groups in total. The first-order valence-electron chi connectivity index (χ1n) is 5.69. The van der Waals surface area contributed by atoms with Crippen molar-refractivity contribution in [2.75, 3.05) is 6.54 Å². The Morgan fingerprint density at radius 1 is 1.24 bits per heavy atom. The van der Waals surface area contributed by atoms with Gasteiger partial charge in [-0.2, -0.15) is 0 Å². The van der Waals surface area contributed by atoms with Gasteiger partial charge in [-0.25, -0.2) is 8.78 Å². The molecule has 2 nitrogen and oxygen atoms in total. The summed E-state index contributed by atoms with van der Waals surface area (Å²) in [5.74, 6) is -1.24. The van der Waals surface area contributed by atoms with E-state index in [-0.39, 0.29) is 12.5 Å². The van der Waals surface area contributed by atoms with Crippen molar-refractivity contribution < 1.29 is 13.9 Å². The molecule has 17 heavy (non-hydrogen) atoms. The molecule has 0 saturated carbocycles. The predicted molar refractivity (Wildman–Crippen MR) is 63.8 cm³/mol. The number of halogens is 2. The van der Waals surface area contributed by atoms with E-state index >= 15 is 0 Å². The third-order valence-corrected chi connectivity index (χ3v) is 2.40. The molecule has 96 valence electrons. The van der Waals surface area contributed by atoms with Crippen LogP contribution >= 0.6 is 0 Å². The molecule has 0 aromatic heterocycles. The minimum atomic E-state index is -1.02. The van der Waals surface area contributed by atoms with E-state index in [4.69, 9.17) is 0 Å². The van der Waals surface area contributed by atoms with Gasteiger partial charge in [0, 0.05) is 25.1 Å². The van der Waals surface area contributed by atoms with Gasteiger partial charge in [0.2, 0.25) is 0 Å². The van der Waals surface area contributed by atoms with Crippen LogP contribution in [0.4, 0.5) is 8.78 Å². The van der Waals surface area contributed by atoms with Crippen molar-refractivity contribution in [3.05, 3.63) is 35.4 Å². The Hall–Kier alpha value is -1.00. The summed E-state index contributed by atoms with van der Waals surface area (Å²) in [6.07, 6.45) is 0.210. The van der Waals surface area contributed by atoms with Crippen LogP contribution in [0.15, 0.2) is 18.2 Å². The van der Waals surface area contributed by atoms with Crippen molar-refractivity contribution in [2.24, 2.45) is 0 Å². The van der Waals surface area contributed by atoms with Gasteiger partial charge in [0.05, 0.1) is 5.60 Å². The van der Waals surface area contributed by atoms with Crippen LogP contribution in [0.1, 0.15) is 26.3 Å². The van der Waals surface area contributed by atoms with Crippen LogP contribution in [0.5, 0.6) is 0 Å². The normalized spacial score (nSPS) is 15.0. The van der Waals surface area contributed by atoms with E-state index in [2.05, 4.69) is 5.32 Å². The highest BCUT2D eigenvalue weighted by Gasteiger charge is 2.21. The third kappa shape index (κ3) is 5.24. The molecule has 0 aliphatic carbocycles. The van der Waals surface area contributed by atoms with E-state index in [1.54, 1.807) is 6.92 Å². The second-order valence-corrected chi connectivity index (χ2v) is 4.99. The Morgan fingerprint density at radius 3 is 2.24 bits per heavy atom. The monoisotopic (exact) mass is 243 g/mol. The predicted octanol–water partition coefficient (Wildman–Crippen LogP) is 2.26. The molecule has 0 aliphatic rings. The van der Waals surface area contributed by atoms with Crippen LogP contribution in [0.3, 0.4) is 0 Å². The molecule has 0 bridgehead atoms. The van der Waals surface area contributed by atoms with Crippen LogP contribution in [-0.2, 0) is 6.42 Å². The molecule has 0 amide bonds. The zero-order valence-electron chi connectivity index (χ0n) is 10.4. The van der Waals surface area contributed by atoms with E-state index in [9.17, 15) is 13.9 Å². The summed E-state index contributed by atoms with van der Waals surface area (Å²) in [6, 6.07) is 3.57. The maximum Gasteiger partial charge on any atom is 0.126 e. The molecule has 1 atom stereocenters. The topological polar surface area (TPSA) is 32.3 Å². The fourth-order valence-corrected chi connectivity index (χ4v) is 1.64. The standard InChI is InChI=1S/C13H19F2NO/c1-9(2)16-8-13(3,17)7-10-4-11(14)6-12(15)5-10/h4-6,9,16-17H,7-8H2,1-3H3. The van der Waals surface area contributed by atoms with Gasteiger partial charge in [0.15, 0.2) is 0 Å². The number of benzene rings is 1. The molecule has 1 unspecified atom stereocenters. The highest BCUT2D eigenvalue weighted by atomic mass is 19.1. The molecule has 1 aromatic rings. The van der Waals surface area contributed by atoms with Gasteiger partial charge in [-0.15, -0.1) is 0 Å². The van der Waals surface area contributed by atoms with Crippen LogP contribution < -0.4 is 5.32 Å². The van der Waals surface area contributed by atoms with Crippen LogP contribution in [0, 0.1) is 11.6 Å². The van der Waals surface area contributed by atoms with Gasteiger partial charge in [0.1, 0.15) is 11.6 Å². The van der Waals surface area contributed by atoms with Crippen molar-refractivity contribution in [2.45, 2.75) is 38.8 Å². The van der Waals surface area contributed by atoms with Crippen molar-refractivity contribution in [1.82, 2.24) is 5.32 Å². The van der Waals surface area contributed by atoms with E-state index in [0.717, 1.165) is 6.07 Å². The van der Waals surface area contributed by atoms with Crippen LogP contribution in [-0.4, -0.2) is 23.3 Å². The Morgan fingerprint density at radius 2 is 1.76 bits per heavy atom. The first kappa shape index (κ1) is 14.1. The van der Waals surface area contributed by atoms with E-state index in [0.29, 0.717) is 12.1 Å². The molecule has 0 aliphatic heterocycles. The van der Waals surface area contributed by atoms with Gasteiger partial charge < -0.3 is 10.4 Å². The quantitative estimate of drug-likeness (QED) is 0.831. The zero-order chi connectivity index (χ0) is 13.1. The SMILES string of the molecule is CC(C)NCC(C)(O)Cc1cc(F)cc(F)c1. The lowest BCUT2D eigenvalue weighted by Gasteiger charge is -2.25. The van der Waals surface area contributed by atoms with Crippen molar-refractivity contribution in [3.8, 4) is 0 Å². The van der Waals surface area contributed by atoms with Gasteiger partial charge >= 0.3 is 0 Å². The minimum absolute atomic E-state index is 0.210. The smallest absolute Gasteiger partial charge is 0.126 e. The average Bonchev–Trinajstić information content (AvgIpc) is 2.12. The lowest BCUT2D eigenvalue weighted by atomic mass is 9.96. The summed E-state index contributed by atoms with van der Waals surface area (Å²) >= 11 is 0. The summed E-state index contributed by atoms with van der Waals surface area (Å²) in [7, 11) is 0. The fourth-order valence-electron chi connectivity index (χ4n) is 1.64. The highest BCUT2D eigenvalue weighted by molar-refractivity contribution is 5.19. The largest absolute Gasteiger partial charge is 0.389 e. The molecule has 0 spiro atoms. The summed E-state index contributed by atoms with van der Waals surface area (Å²) in [4.78, 5) is 0. The van der Waals surface area contributed by atoms with E-state index in [1.807, 2.05) is 13.8 Å². The Kier molecular flexibility index (Phi) is 4.60. The van der Waals surface area contributed by atoms with Crippen molar-refractivity contribution in [3.63, 3.8) is 0 Å². The summed E-state index contributed by atoms with van der Waals surface area (Å²) in [6.45, 7) is 5.96. The van der Waals surface area contributed by atoms with E-state index in [1.165, 1.54) is 12.1 Å². The fraction of sp³-hybridized carbons (Fsp3) is 0.538. The number of hydrogen-bond donors (Lipinski definition) is 2. The van der Waals surface area contributed by atoms with Gasteiger partial charge in [0.25, 0.3) is 0 Å². The lowest BCUT2D eigenvalue weighted by molar-refractivity contribution is 0.0580. The zero-order valence-corrected chi connectivity index (χ0v) is 10.4. The second-order valence-electron chi connectivity index (χ2n) is 4.99. The molecule has 0 radical (unpaired) electrons. The Bertz CT molecular complexity index is 357. The molecular formula is C13H19F2NO. The summed E-state index contributed by atoms with van der Waals surface area (Å²) in [5, 5.41) is 13.2. The lowest BCUT2D eigenvalue weighted by Crippen LogP contribution is -2.42. The Labute approximate surface area is 101 Å². The molecule has 1 rings (SSSR count). The number of rotatable bonds is 5. The summed E-state index contributed by atoms with van der Waals surface area (Å²) in [5.41, 5.74) is -0.567. The first-order chi connectivity index (χ1) is 7.78. The molecule has 1 aromatic carbocycles. The summed E-state index contributed by atoms with van der Waals surface area (Å²) < 4.78 is 26.0. The Balaban J connectivity index is 2.68. The number of nitrogens with one attached hydrogen (secondary N) is 1. The van der Waals surface area contributed by atoms with Gasteiger partial charge in [-0.05, 0) is 24.6 Å². The van der Waals surface area contributed by atoms with Crippen molar-refractivity contribution >= 4 is 0 Å². The number of aliphatic hydroxyl groups is 1. The van der Waals surface area contributed by atoms with Gasteiger partial charge in [-0.1, -0.05) is 13.8 Å². The molecule has 0 heterocycles. The van der Waals surface area contributed by atoms with Crippen LogP contribution in [0.2, 0.25) is 0 Å². The van der Waals surface area contributed by atoms with Crippen molar-refractivity contribution in [1.29, 1.82) is 0 Å². The second kappa shape index (κ2) is 5.56. The van der Waals surface area contributed by atoms with Gasteiger partial charge in [-0.3, -0.25) is 0 Å². The molecule has 4 heteroatoms. The number of hydrogen-bond acceptors (Lipinski definition) is 2. The maximum absolute atomic E-state index is 13.0. The maximum atomic E-state index is 13.0. The molecule has 0 fully saturated rings. The van der Waals surface area contributed by atoms with E-state index < -0.39 is 17.2 Å².